The van der Waals surface area contributed by atoms with Crippen LogP contribution < -0.4 is 20.4 Å². The minimum absolute atomic E-state index is 0.181. The van der Waals surface area contributed by atoms with E-state index < -0.39 is 34.3 Å². The molecule has 13 rings (SSSR count). The predicted octanol–water partition coefficient (Wildman–Crippen LogP) is 14.7. The number of rotatable bonds is 11. The number of methoxy groups -OCH3 is 2. The number of aromatic nitrogens is 5. The van der Waals surface area contributed by atoms with E-state index in [1.54, 1.807) is 106 Å². The number of ether oxygens (including phenoxy) is 2. The molecule has 99 heavy (non-hydrogen) atoms. The Kier molecular flexibility index (Phi) is 26.0. The number of halogens is 7. The molecule has 0 unspecified atom stereocenters. The lowest BCUT2D eigenvalue weighted by atomic mass is 9.79. The second-order valence-corrected chi connectivity index (χ2v) is 29.1. The second-order valence-electron chi connectivity index (χ2n) is 22.4. The standard InChI is InChI=1S/C23H20FNO.C20H14BrFN2O2S.C14H10BrIN2O2S.C9H13BO3.C6H6BFO2.CH3F/c1-14-10-17(12-23(26-3)15(14)2)18-11-21-20(8-9-22(21)25-13-18)16-4-6-19(24)7-5-16;1-13-2-8-17(9-3-13)27(25,26)24-12-19(14-4-6-16(22)7-5-14)18-10-15(21)11-23-20(18)24;1-9-2-4-11(5-3-9)21(19,20)18-8-13(16)12-6-10(15)7-17-14(12)18;1-6-4-8(10(11)12)5-9(13-3)7(6)2;8-6-3-1-5(2-4-6)7(9)10;1-2/h4-8,10-13H,9H2,1-3H3;2-12H,1H3;2-8H,1H3;4-5,11-12H,1-3H3;1-4,9-10H;1H3. The Bertz CT molecular complexity index is 5120. The Hall–Kier alpha value is -8.31. The first kappa shape index (κ1) is 76.4. The summed E-state index contributed by atoms with van der Waals surface area (Å²) in [6.45, 7) is 11.8. The van der Waals surface area contributed by atoms with Crippen LogP contribution >= 0.6 is 54.5 Å². The van der Waals surface area contributed by atoms with Crippen LogP contribution in [0.4, 0.5) is 17.6 Å². The van der Waals surface area contributed by atoms with Gasteiger partial charge in [-0.25, -0.2) is 47.9 Å². The molecule has 0 aliphatic heterocycles. The van der Waals surface area contributed by atoms with Crippen molar-refractivity contribution in [3.05, 3.63) is 281 Å². The maximum atomic E-state index is 13.3. The molecule has 0 radical (unpaired) electrons. The molecule has 5 aromatic heterocycles. The Morgan fingerprint density at radius 1 is 0.485 bits per heavy atom. The van der Waals surface area contributed by atoms with Crippen molar-refractivity contribution in [2.45, 2.75) is 57.8 Å². The number of hydrogen-bond acceptors (Lipinski definition) is 13. The fourth-order valence-electron chi connectivity index (χ4n) is 10.3. The van der Waals surface area contributed by atoms with Crippen LogP contribution in [-0.2, 0) is 26.5 Å². The Balaban J connectivity index is 0.000000163. The minimum atomic E-state index is -3.83. The molecule has 1 aliphatic rings. The molecule has 5 heterocycles. The number of aryl methyl sites for hydroxylation is 4. The van der Waals surface area contributed by atoms with Crippen LogP contribution in [0.15, 0.2) is 220 Å². The molecule has 0 amide bonds. The molecule has 1 aliphatic carbocycles. The van der Waals surface area contributed by atoms with E-state index in [1.807, 2.05) is 58.2 Å². The molecule has 15 nitrogen and oxygen atoms in total. The first-order chi connectivity index (χ1) is 47.1. The van der Waals surface area contributed by atoms with Gasteiger partial charge in [-0.1, -0.05) is 90.0 Å². The van der Waals surface area contributed by atoms with E-state index in [0.717, 1.165) is 91.4 Å². The monoisotopic (exact) mass is 1620 g/mol. The normalized spacial score (nSPS) is 11.4. The summed E-state index contributed by atoms with van der Waals surface area (Å²) in [4.78, 5) is 13.7. The Labute approximate surface area is 603 Å². The van der Waals surface area contributed by atoms with Gasteiger partial charge in [-0.3, -0.25) is 9.37 Å². The average molecular weight is 1620 g/mol. The topological polar surface area (TPSA) is 216 Å². The number of pyridine rings is 3. The summed E-state index contributed by atoms with van der Waals surface area (Å²) in [7, 11) is -6.66. The molecule has 26 heteroatoms. The zero-order chi connectivity index (χ0) is 72.2. The average Bonchev–Trinajstić information content (AvgIpc) is 1.64. The highest BCUT2D eigenvalue weighted by Gasteiger charge is 2.25. The smallest absolute Gasteiger partial charge is 0.488 e. The van der Waals surface area contributed by atoms with Crippen molar-refractivity contribution in [2.24, 2.45) is 0 Å². The van der Waals surface area contributed by atoms with Gasteiger partial charge in [0.1, 0.15) is 29.0 Å². The van der Waals surface area contributed by atoms with Crippen LogP contribution in [0.1, 0.15) is 50.2 Å². The van der Waals surface area contributed by atoms with Crippen LogP contribution in [0.2, 0.25) is 0 Å². The zero-order valence-electron chi connectivity index (χ0n) is 54.9. The largest absolute Gasteiger partial charge is 0.496 e. The van der Waals surface area contributed by atoms with Crippen LogP contribution in [0.25, 0.3) is 49.9 Å². The summed E-state index contributed by atoms with van der Waals surface area (Å²) in [5.41, 5.74) is 15.7. The number of fused-ring (bicyclic) bond motifs is 3. The number of hydrogen-bond donors (Lipinski definition) is 4. The number of allylic oxidation sites excluding steroid dienone is 1. The van der Waals surface area contributed by atoms with Crippen LogP contribution in [-0.4, -0.2) is 95.5 Å². The van der Waals surface area contributed by atoms with Crippen molar-refractivity contribution < 1.29 is 64.0 Å². The summed E-state index contributed by atoms with van der Waals surface area (Å²) in [5, 5.41) is 36.5. The summed E-state index contributed by atoms with van der Waals surface area (Å²) < 4.78 is 116. The van der Waals surface area contributed by atoms with E-state index in [9.17, 15) is 34.4 Å². The molecule has 0 bridgehead atoms. The van der Waals surface area contributed by atoms with Gasteiger partial charge in [0, 0.05) is 77.4 Å². The van der Waals surface area contributed by atoms with E-state index in [2.05, 4.69) is 108 Å². The third-order valence-corrected chi connectivity index (χ3v) is 20.9. The first-order valence-corrected chi connectivity index (χ1v) is 35.6. The van der Waals surface area contributed by atoms with Crippen molar-refractivity contribution in [1.82, 2.24) is 22.9 Å². The van der Waals surface area contributed by atoms with Gasteiger partial charge in [-0.05, 0) is 242 Å². The summed E-state index contributed by atoms with van der Waals surface area (Å²) in [6, 6.07) is 44.5. The molecule has 0 fully saturated rings. The van der Waals surface area contributed by atoms with Crippen LogP contribution in [0.5, 0.6) is 11.5 Å². The van der Waals surface area contributed by atoms with Crippen molar-refractivity contribution >= 4 is 127 Å². The highest BCUT2D eigenvalue weighted by molar-refractivity contribution is 14.1. The summed E-state index contributed by atoms with van der Waals surface area (Å²) in [6.07, 6.45) is 11.2. The number of nitrogens with zero attached hydrogens (tertiary/aromatic N) is 5. The van der Waals surface area contributed by atoms with E-state index in [-0.39, 0.29) is 27.2 Å². The van der Waals surface area contributed by atoms with Gasteiger partial charge in [-0.2, -0.15) is 0 Å². The molecule has 0 saturated heterocycles. The van der Waals surface area contributed by atoms with Crippen LogP contribution in [0, 0.1) is 62.6 Å². The predicted molar refractivity (Wildman–Crippen MR) is 399 cm³/mol. The van der Waals surface area contributed by atoms with Crippen molar-refractivity contribution in [2.75, 3.05) is 21.4 Å². The first-order valence-electron chi connectivity index (χ1n) is 30.1. The maximum Gasteiger partial charge on any atom is 0.488 e. The van der Waals surface area contributed by atoms with Gasteiger partial charge in [0.2, 0.25) is 0 Å². The SMILES string of the molecule is CF.COc1cc(-c2cnc3c(c2)C(c2ccc(F)cc2)=CC3)cc(C)c1C.COc1cc(B(O)O)cc(C)c1C.Cc1ccc(S(=O)(=O)n2cc(-c3ccc(F)cc3)c3cc(Br)cnc32)cc1.Cc1ccc(S(=O)(=O)n2cc(I)c3cc(Br)cnc32)cc1.OB(O)c1ccc(F)cc1. The van der Waals surface area contributed by atoms with E-state index in [0.29, 0.717) is 51.7 Å². The molecule has 7 aromatic carbocycles. The number of benzene rings is 7. The van der Waals surface area contributed by atoms with Gasteiger partial charge in [-0.15, -0.1) is 0 Å². The second kappa shape index (κ2) is 33.7. The zero-order valence-corrected chi connectivity index (χ0v) is 61.8. The molecule has 0 atom stereocenters. The van der Waals surface area contributed by atoms with Gasteiger partial charge >= 0.3 is 14.2 Å². The Morgan fingerprint density at radius 2 is 0.929 bits per heavy atom. The fraction of sp³-hybridized carbons (Fsp3) is 0.137. The van der Waals surface area contributed by atoms with Crippen molar-refractivity contribution in [1.29, 1.82) is 0 Å². The van der Waals surface area contributed by atoms with Gasteiger partial charge in [0.25, 0.3) is 20.0 Å². The molecule has 0 spiro atoms. The van der Waals surface area contributed by atoms with E-state index >= 15 is 0 Å². The fourth-order valence-corrected chi connectivity index (χ4v) is 14.4. The summed E-state index contributed by atoms with van der Waals surface area (Å²) in [5.74, 6) is 0.609. The molecular formula is C73H66B2Br2F4IN5O10S2. The van der Waals surface area contributed by atoms with Crippen molar-refractivity contribution in [3.8, 4) is 33.8 Å². The highest BCUT2D eigenvalue weighted by atomic mass is 127. The molecule has 4 N–H and O–H groups in total. The number of alkyl halides is 1. The van der Waals surface area contributed by atoms with Gasteiger partial charge in [0.15, 0.2) is 11.3 Å². The molecule has 0 saturated carbocycles. The maximum absolute atomic E-state index is 13.3. The molecule has 510 valence electrons. The van der Waals surface area contributed by atoms with Gasteiger partial charge < -0.3 is 29.6 Å². The minimum Gasteiger partial charge on any atom is -0.496 e. The van der Waals surface area contributed by atoms with E-state index in [4.69, 9.17) is 29.6 Å². The quantitative estimate of drug-likeness (QED) is 0.0539. The Morgan fingerprint density at radius 3 is 1.42 bits per heavy atom. The van der Waals surface area contributed by atoms with Crippen LogP contribution in [0.3, 0.4) is 0 Å². The summed E-state index contributed by atoms with van der Waals surface area (Å²) >= 11 is 8.85. The van der Waals surface area contributed by atoms with E-state index in [1.165, 1.54) is 68.2 Å². The van der Waals surface area contributed by atoms with Crippen molar-refractivity contribution in [3.63, 3.8) is 0 Å². The third-order valence-electron chi connectivity index (χ3n) is 15.8. The lowest BCUT2D eigenvalue weighted by molar-refractivity contribution is 0.409. The lowest BCUT2D eigenvalue weighted by Crippen LogP contribution is -2.30. The lowest BCUT2D eigenvalue weighted by Gasteiger charge is -2.13. The highest BCUT2D eigenvalue weighted by Crippen LogP contribution is 2.38. The molecular weight excluding hydrogens is 1560 g/mol. The molecule has 12 aromatic rings. The van der Waals surface area contributed by atoms with Gasteiger partial charge in [0.05, 0.1) is 36.9 Å². The third kappa shape index (κ3) is 18.4.